The van der Waals surface area contributed by atoms with Gasteiger partial charge in [-0.05, 0) is 26.0 Å². The van der Waals surface area contributed by atoms with Crippen LogP contribution < -0.4 is 10.6 Å². The molecule has 2 rings (SSSR count). The summed E-state index contributed by atoms with van der Waals surface area (Å²) in [6.07, 6.45) is 0.733. The molecule has 2 aromatic rings. The Morgan fingerprint density at radius 3 is 2.76 bits per heavy atom. The Kier molecular flexibility index (Phi) is 4.92. The number of hydrogen-bond donors (Lipinski definition) is 2. The maximum absolute atomic E-state index is 12.1. The fourth-order valence-corrected chi connectivity index (χ4v) is 1.85. The van der Waals surface area contributed by atoms with E-state index in [-0.39, 0.29) is 11.9 Å². The van der Waals surface area contributed by atoms with Crippen molar-refractivity contribution < 1.29 is 9.32 Å². The minimum absolute atomic E-state index is 0.0913. The summed E-state index contributed by atoms with van der Waals surface area (Å²) in [6, 6.07) is 7.44. The van der Waals surface area contributed by atoms with Gasteiger partial charge in [-0.3, -0.25) is 4.79 Å². The molecule has 6 nitrogen and oxygen atoms in total. The van der Waals surface area contributed by atoms with Crippen LogP contribution >= 0.6 is 0 Å². The number of nitrogens with zero attached hydrogens (tertiary/aromatic N) is 2. The lowest BCUT2D eigenvalue weighted by atomic mass is 10.1. The van der Waals surface area contributed by atoms with E-state index in [0.29, 0.717) is 23.8 Å². The molecule has 0 bridgehead atoms. The normalized spacial score (nSPS) is 10.7. The summed E-state index contributed by atoms with van der Waals surface area (Å²) in [5.74, 6) is 1.08. The number of aromatic nitrogens is 2. The largest absolute Gasteiger partial charge is 0.375 e. The highest BCUT2D eigenvalue weighted by atomic mass is 16.5. The third kappa shape index (κ3) is 4.05. The van der Waals surface area contributed by atoms with E-state index in [9.17, 15) is 4.79 Å². The van der Waals surface area contributed by atoms with Crippen molar-refractivity contribution in [2.45, 2.75) is 39.8 Å². The zero-order chi connectivity index (χ0) is 15.2. The van der Waals surface area contributed by atoms with E-state index in [4.69, 9.17) is 4.52 Å². The maximum Gasteiger partial charge on any atom is 0.253 e. The molecule has 0 aliphatic heterocycles. The average molecular weight is 288 g/mol. The summed E-state index contributed by atoms with van der Waals surface area (Å²) < 4.78 is 5.12. The summed E-state index contributed by atoms with van der Waals surface area (Å²) in [5, 5.41) is 9.88. The number of hydrogen-bond acceptors (Lipinski definition) is 5. The van der Waals surface area contributed by atoms with Crippen molar-refractivity contribution in [2.24, 2.45) is 0 Å². The van der Waals surface area contributed by atoms with Crippen LogP contribution in [0.4, 0.5) is 5.69 Å². The van der Waals surface area contributed by atoms with Gasteiger partial charge in [-0.25, -0.2) is 0 Å². The molecule has 0 saturated heterocycles. The molecule has 0 unspecified atom stereocenters. The number of benzene rings is 1. The summed E-state index contributed by atoms with van der Waals surface area (Å²) >= 11 is 0. The molecule has 0 radical (unpaired) electrons. The van der Waals surface area contributed by atoms with Crippen molar-refractivity contribution >= 4 is 11.6 Å². The smallest absolute Gasteiger partial charge is 0.253 e. The van der Waals surface area contributed by atoms with Crippen LogP contribution in [0.5, 0.6) is 0 Å². The van der Waals surface area contributed by atoms with Gasteiger partial charge in [-0.2, -0.15) is 4.98 Å². The Hall–Kier alpha value is -2.37. The highest BCUT2D eigenvalue weighted by molar-refractivity contribution is 5.99. The summed E-state index contributed by atoms with van der Waals surface area (Å²) in [6.45, 7) is 6.21. The fraction of sp³-hybridized carbons (Fsp3) is 0.400. The van der Waals surface area contributed by atoms with Crippen LogP contribution in [0.1, 0.15) is 42.8 Å². The van der Waals surface area contributed by atoms with Gasteiger partial charge in [0.05, 0.1) is 12.1 Å². The Morgan fingerprint density at radius 2 is 2.10 bits per heavy atom. The van der Waals surface area contributed by atoms with Gasteiger partial charge < -0.3 is 15.2 Å². The van der Waals surface area contributed by atoms with Gasteiger partial charge >= 0.3 is 0 Å². The summed E-state index contributed by atoms with van der Waals surface area (Å²) in [7, 11) is 0. The minimum atomic E-state index is -0.104. The van der Waals surface area contributed by atoms with Gasteiger partial charge in [0.15, 0.2) is 5.82 Å². The first kappa shape index (κ1) is 15.0. The minimum Gasteiger partial charge on any atom is -0.375 e. The standard InChI is InChI=1S/C15H20N4O2/c1-4-13-18-14(21-19-13)9-16-12-8-6-5-7-11(12)15(20)17-10(2)3/h5-8,10,16H,4,9H2,1-3H3,(H,17,20). The van der Waals surface area contributed by atoms with Crippen molar-refractivity contribution in [1.29, 1.82) is 0 Å². The number of amides is 1. The highest BCUT2D eigenvalue weighted by Crippen LogP contribution is 2.16. The first-order valence-corrected chi connectivity index (χ1v) is 7.05. The van der Waals surface area contributed by atoms with E-state index in [1.165, 1.54) is 0 Å². The first-order chi connectivity index (χ1) is 10.1. The first-order valence-electron chi connectivity index (χ1n) is 7.05. The molecule has 0 saturated carbocycles. The molecule has 1 heterocycles. The lowest BCUT2D eigenvalue weighted by Gasteiger charge is -2.12. The molecule has 112 valence electrons. The van der Waals surface area contributed by atoms with Crippen LogP contribution in [0.25, 0.3) is 0 Å². The van der Waals surface area contributed by atoms with Gasteiger partial charge in [-0.1, -0.05) is 24.2 Å². The molecule has 1 amide bonds. The number of anilines is 1. The van der Waals surface area contributed by atoms with Crippen LogP contribution in [-0.4, -0.2) is 22.1 Å². The maximum atomic E-state index is 12.1. The predicted octanol–water partition coefficient (Wildman–Crippen LogP) is 2.38. The summed E-state index contributed by atoms with van der Waals surface area (Å²) in [5.41, 5.74) is 1.34. The van der Waals surface area contributed by atoms with Gasteiger partial charge in [0.1, 0.15) is 0 Å². The van der Waals surface area contributed by atoms with Crippen LogP contribution in [0.2, 0.25) is 0 Å². The van der Waals surface area contributed by atoms with Gasteiger partial charge in [0.25, 0.3) is 5.91 Å². The van der Waals surface area contributed by atoms with Gasteiger partial charge in [-0.15, -0.1) is 0 Å². The monoisotopic (exact) mass is 288 g/mol. The van der Waals surface area contributed by atoms with Crippen LogP contribution in [0.15, 0.2) is 28.8 Å². The lowest BCUT2D eigenvalue weighted by Crippen LogP contribution is -2.30. The van der Waals surface area contributed by atoms with E-state index in [1.807, 2.05) is 39.0 Å². The number of carbonyl (C=O) groups is 1. The van der Waals surface area contributed by atoms with Crippen molar-refractivity contribution in [3.63, 3.8) is 0 Å². The number of aryl methyl sites for hydroxylation is 1. The van der Waals surface area contributed by atoms with E-state index in [0.717, 1.165) is 12.1 Å². The second-order valence-corrected chi connectivity index (χ2v) is 4.99. The van der Waals surface area contributed by atoms with E-state index < -0.39 is 0 Å². The van der Waals surface area contributed by atoms with Gasteiger partial charge in [0.2, 0.25) is 5.89 Å². The molecule has 2 N–H and O–H groups in total. The molecular formula is C15H20N4O2. The number of para-hydroxylation sites is 1. The second kappa shape index (κ2) is 6.88. The molecule has 0 fully saturated rings. The Balaban J connectivity index is 2.07. The van der Waals surface area contributed by atoms with Crippen molar-refractivity contribution in [3.8, 4) is 0 Å². The van der Waals surface area contributed by atoms with Crippen LogP contribution in [0.3, 0.4) is 0 Å². The lowest BCUT2D eigenvalue weighted by molar-refractivity contribution is 0.0944. The fourth-order valence-electron chi connectivity index (χ4n) is 1.85. The Bertz CT molecular complexity index is 607. The molecule has 0 atom stereocenters. The van der Waals surface area contributed by atoms with Crippen molar-refractivity contribution in [2.75, 3.05) is 5.32 Å². The van der Waals surface area contributed by atoms with Crippen molar-refractivity contribution in [3.05, 3.63) is 41.5 Å². The van der Waals surface area contributed by atoms with E-state index in [2.05, 4.69) is 20.8 Å². The Labute approximate surface area is 123 Å². The Morgan fingerprint density at radius 1 is 1.33 bits per heavy atom. The number of rotatable bonds is 6. The SMILES string of the molecule is CCc1noc(CNc2ccccc2C(=O)NC(C)C)n1. The molecular weight excluding hydrogens is 268 g/mol. The third-order valence-electron chi connectivity index (χ3n) is 2.85. The number of carbonyl (C=O) groups excluding carboxylic acids is 1. The van der Waals surface area contributed by atoms with E-state index in [1.54, 1.807) is 6.07 Å². The highest BCUT2D eigenvalue weighted by Gasteiger charge is 2.12. The molecule has 1 aromatic heterocycles. The molecule has 1 aromatic carbocycles. The predicted molar refractivity (Wildman–Crippen MR) is 80.0 cm³/mol. The molecule has 0 aliphatic carbocycles. The molecule has 0 aliphatic rings. The van der Waals surface area contributed by atoms with Crippen molar-refractivity contribution in [1.82, 2.24) is 15.5 Å². The van der Waals surface area contributed by atoms with Crippen LogP contribution in [0, 0.1) is 0 Å². The zero-order valence-electron chi connectivity index (χ0n) is 12.5. The van der Waals surface area contributed by atoms with Crippen LogP contribution in [-0.2, 0) is 13.0 Å². The van der Waals surface area contributed by atoms with Gasteiger partial charge in [0, 0.05) is 18.2 Å². The molecule has 0 spiro atoms. The number of nitrogens with one attached hydrogen (secondary N) is 2. The quantitative estimate of drug-likeness (QED) is 0.853. The third-order valence-corrected chi connectivity index (χ3v) is 2.85. The second-order valence-electron chi connectivity index (χ2n) is 4.99. The zero-order valence-corrected chi connectivity index (χ0v) is 12.5. The summed E-state index contributed by atoms with van der Waals surface area (Å²) in [4.78, 5) is 16.4. The average Bonchev–Trinajstić information content (AvgIpc) is 2.92. The van der Waals surface area contributed by atoms with E-state index >= 15 is 0 Å². The molecule has 6 heteroatoms. The topological polar surface area (TPSA) is 80.0 Å². The molecule has 21 heavy (non-hydrogen) atoms.